The molecular formula is C17H13N3O3S. The number of benzene rings is 1. The van der Waals surface area contributed by atoms with Gasteiger partial charge in [-0.05, 0) is 29.8 Å². The predicted octanol–water partition coefficient (Wildman–Crippen LogP) is 2.69. The molecule has 0 aliphatic carbocycles. The molecule has 1 aromatic carbocycles. The number of amides is 1. The molecule has 7 heteroatoms. The standard InChI is InChI=1S/C17H13N3O3S/c21-15-4-2-12(8-18-15)16(22)20-17-19-13(9-24-17)10-1-3-14-11(7-10)5-6-23-14/h1-4,7-9H,5-6H2,(H,18,21)(H,19,20,22). The number of ether oxygens (including phenoxy) is 1. The van der Waals surface area contributed by atoms with E-state index in [0.29, 0.717) is 10.7 Å². The van der Waals surface area contributed by atoms with Crippen LogP contribution in [0, 0.1) is 0 Å². The van der Waals surface area contributed by atoms with Crippen LogP contribution in [0.15, 0.2) is 46.7 Å². The van der Waals surface area contributed by atoms with Crippen molar-refractivity contribution in [1.29, 1.82) is 0 Å². The average Bonchev–Trinajstić information content (AvgIpc) is 3.23. The van der Waals surface area contributed by atoms with E-state index >= 15 is 0 Å². The van der Waals surface area contributed by atoms with E-state index in [1.165, 1.54) is 35.2 Å². The molecule has 1 aliphatic rings. The lowest BCUT2D eigenvalue weighted by Gasteiger charge is -2.02. The molecule has 0 spiro atoms. The Bertz CT molecular complexity index is 957. The second-order valence-electron chi connectivity index (χ2n) is 5.35. The van der Waals surface area contributed by atoms with Crippen molar-refractivity contribution >= 4 is 22.4 Å². The highest BCUT2D eigenvalue weighted by atomic mass is 32.1. The molecule has 0 bridgehead atoms. The van der Waals surface area contributed by atoms with Crippen LogP contribution >= 0.6 is 11.3 Å². The number of H-pyrrole nitrogens is 1. The van der Waals surface area contributed by atoms with E-state index in [1.54, 1.807) is 0 Å². The van der Waals surface area contributed by atoms with Crippen LogP contribution in [0.1, 0.15) is 15.9 Å². The zero-order valence-corrected chi connectivity index (χ0v) is 13.4. The van der Waals surface area contributed by atoms with Crippen molar-refractivity contribution in [3.8, 4) is 17.0 Å². The van der Waals surface area contributed by atoms with E-state index < -0.39 is 0 Å². The quantitative estimate of drug-likeness (QED) is 0.768. The number of nitrogens with zero attached hydrogens (tertiary/aromatic N) is 1. The molecule has 1 amide bonds. The number of carbonyl (C=O) groups is 1. The van der Waals surface area contributed by atoms with Gasteiger partial charge in [0, 0.05) is 29.6 Å². The third kappa shape index (κ3) is 2.81. The summed E-state index contributed by atoms with van der Waals surface area (Å²) in [6.07, 6.45) is 2.29. The number of hydrogen-bond acceptors (Lipinski definition) is 5. The Morgan fingerprint density at radius 1 is 1.29 bits per heavy atom. The highest BCUT2D eigenvalue weighted by Crippen LogP contribution is 2.31. The molecule has 0 atom stereocenters. The van der Waals surface area contributed by atoms with Gasteiger partial charge in [-0.1, -0.05) is 0 Å². The summed E-state index contributed by atoms with van der Waals surface area (Å²) in [4.78, 5) is 30.1. The zero-order chi connectivity index (χ0) is 16.5. The molecular weight excluding hydrogens is 326 g/mol. The van der Waals surface area contributed by atoms with Gasteiger partial charge in [-0.2, -0.15) is 0 Å². The first-order chi connectivity index (χ1) is 11.7. The summed E-state index contributed by atoms with van der Waals surface area (Å²) in [7, 11) is 0. The topological polar surface area (TPSA) is 84.1 Å². The van der Waals surface area contributed by atoms with Crippen molar-refractivity contribution in [3.05, 3.63) is 63.4 Å². The molecule has 0 saturated carbocycles. The van der Waals surface area contributed by atoms with Gasteiger partial charge in [0.2, 0.25) is 5.56 Å². The Kier molecular flexibility index (Phi) is 3.62. The van der Waals surface area contributed by atoms with Gasteiger partial charge in [-0.3, -0.25) is 14.9 Å². The second-order valence-corrected chi connectivity index (χ2v) is 6.21. The van der Waals surface area contributed by atoms with Crippen LogP contribution in [-0.2, 0) is 6.42 Å². The second kappa shape index (κ2) is 5.93. The van der Waals surface area contributed by atoms with Crippen molar-refractivity contribution in [2.24, 2.45) is 0 Å². The molecule has 0 unspecified atom stereocenters. The van der Waals surface area contributed by atoms with Gasteiger partial charge in [0.25, 0.3) is 5.91 Å². The lowest BCUT2D eigenvalue weighted by atomic mass is 10.1. The molecule has 6 nitrogen and oxygen atoms in total. The van der Waals surface area contributed by atoms with E-state index in [-0.39, 0.29) is 11.5 Å². The fraction of sp³-hybridized carbons (Fsp3) is 0.118. The largest absolute Gasteiger partial charge is 0.493 e. The number of hydrogen-bond donors (Lipinski definition) is 2. The number of fused-ring (bicyclic) bond motifs is 1. The Morgan fingerprint density at radius 2 is 2.21 bits per heavy atom. The molecule has 0 fully saturated rings. The van der Waals surface area contributed by atoms with Crippen molar-refractivity contribution in [2.75, 3.05) is 11.9 Å². The van der Waals surface area contributed by atoms with Gasteiger partial charge in [-0.15, -0.1) is 11.3 Å². The fourth-order valence-corrected chi connectivity index (χ4v) is 3.25. The Hall–Kier alpha value is -2.93. The maximum absolute atomic E-state index is 12.1. The minimum absolute atomic E-state index is 0.247. The minimum atomic E-state index is -0.311. The van der Waals surface area contributed by atoms with Crippen molar-refractivity contribution in [2.45, 2.75) is 6.42 Å². The van der Waals surface area contributed by atoms with Crippen molar-refractivity contribution in [1.82, 2.24) is 9.97 Å². The van der Waals surface area contributed by atoms with Gasteiger partial charge in [0.15, 0.2) is 5.13 Å². The average molecular weight is 339 g/mol. The summed E-state index contributed by atoms with van der Waals surface area (Å²) in [6, 6.07) is 8.78. The number of carbonyl (C=O) groups excluding carboxylic acids is 1. The van der Waals surface area contributed by atoms with E-state index in [9.17, 15) is 9.59 Å². The van der Waals surface area contributed by atoms with Gasteiger partial charge in [-0.25, -0.2) is 4.98 Å². The van der Waals surface area contributed by atoms with E-state index in [4.69, 9.17) is 4.74 Å². The number of nitrogens with one attached hydrogen (secondary N) is 2. The first-order valence-corrected chi connectivity index (χ1v) is 8.29. The van der Waals surface area contributed by atoms with E-state index in [0.717, 1.165) is 30.0 Å². The number of anilines is 1. The predicted molar refractivity (Wildman–Crippen MR) is 91.8 cm³/mol. The Balaban J connectivity index is 1.53. The normalized spacial score (nSPS) is 12.5. The summed E-state index contributed by atoms with van der Waals surface area (Å²) in [5.41, 5.74) is 3.12. The summed E-state index contributed by atoms with van der Waals surface area (Å²) in [5, 5.41) is 5.16. The van der Waals surface area contributed by atoms with Crippen LogP contribution in [0.3, 0.4) is 0 Å². The van der Waals surface area contributed by atoms with Crippen LogP contribution in [0.4, 0.5) is 5.13 Å². The Labute approximate surface area is 141 Å². The van der Waals surface area contributed by atoms with Crippen LogP contribution in [0.5, 0.6) is 5.75 Å². The molecule has 0 saturated heterocycles. The summed E-state index contributed by atoms with van der Waals surface area (Å²) >= 11 is 1.36. The molecule has 0 radical (unpaired) electrons. The van der Waals surface area contributed by atoms with Gasteiger partial charge in [0.05, 0.1) is 17.9 Å². The molecule has 3 aromatic rings. The zero-order valence-electron chi connectivity index (χ0n) is 12.5. The SMILES string of the molecule is O=C(Nc1nc(-c2ccc3c(c2)CCO3)cs1)c1ccc(=O)[nH]c1. The van der Waals surface area contributed by atoms with Gasteiger partial charge < -0.3 is 9.72 Å². The molecule has 24 heavy (non-hydrogen) atoms. The summed E-state index contributed by atoms with van der Waals surface area (Å²) in [5.74, 6) is 0.620. The summed E-state index contributed by atoms with van der Waals surface area (Å²) < 4.78 is 5.50. The molecule has 4 rings (SSSR count). The van der Waals surface area contributed by atoms with Crippen LogP contribution in [0.2, 0.25) is 0 Å². The lowest BCUT2D eigenvalue weighted by molar-refractivity contribution is 0.102. The van der Waals surface area contributed by atoms with E-state index in [2.05, 4.69) is 21.4 Å². The van der Waals surface area contributed by atoms with Crippen molar-refractivity contribution < 1.29 is 9.53 Å². The first kappa shape index (κ1) is 14.6. The highest BCUT2D eigenvalue weighted by molar-refractivity contribution is 7.14. The number of aromatic nitrogens is 2. The highest BCUT2D eigenvalue weighted by Gasteiger charge is 2.15. The maximum Gasteiger partial charge on any atom is 0.258 e. The third-order valence-electron chi connectivity index (χ3n) is 3.76. The summed E-state index contributed by atoms with van der Waals surface area (Å²) in [6.45, 7) is 0.719. The maximum atomic E-state index is 12.1. The number of rotatable bonds is 3. The molecule has 3 heterocycles. The van der Waals surface area contributed by atoms with Crippen LogP contribution < -0.4 is 15.6 Å². The molecule has 2 aromatic heterocycles. The van der Waals surface area contributed by atoms with Gasteiger partial charge >= 0.3 is 0 Å². The molecule has 120 valence electrons. The third-order valence-corrected chi connectivity index (χ3v) is 4.51. The monoisotopic (exact) mass is 339 g/mol. The lowest BCUT2D eigenvalue weighted by Crippen LogP contribution is -2.14. The van der Waals surface area contributed by atoms with Gasteiger partial charge in [0.1, 0.15) is 5.75 Å². The number of pyridine rings is 1. The Morgan fingerprint density at radius 3 is 3.04 bits per heavy atom. The molecule has 2 N–H and O–H groups in total. The minimum Gasteiger partial charge on any atom is -0.493 e. The first-order valence-electron chi connectivity index (χ1n) is 7.41. The van der Waals surface area contributed by atoms with Crippen LogP contribution in [0.25, 0.3) is 11.3 Å². The fourth-order valence-electron chi connectivity index (χ4n) is 2.53. The number of thiazole rings is 1. The van der Waals surface area contributed by atoms with Crippen LogP contribution in [-0.4, -0.2) is 22.5 Å². The van der Waals surface area contributed by atoms with E-state index in [1.807, 2.05) is 17.5 Å². The smallest absolute Gasteiger partial charge is 0.258 e. The van der Waals surface area contributed by atoms with Crippen molar-refractivity contribution in [3.63, 3.8) is 0 Å². The number of aromatic amines is 1. The molecule has 1 aliphatic heterocycles.